The maximum atomic E-state index is 15.3. The highest BCUT2D eigenvalue weighted by Crippen LogP contribution is 2.43. The first-order chi connectivity index (χ1) is 42.9. The summed E-state index contributed by atoms with van der Waals surface area (Å²) in [5.41, 5.74) is 14.3. The Morgan fingerprint density at radius 2 is 1.33 bits per heavy atom. The molecule has 10 heterocycles. The van der Waals surface area contributed by atoms with Gasteiger partial charge in [-0.2, -0.15) is 0 Å². The molecule has 89 heavy (non-hydrogen) atoms. The van der Waals surface area contributed by atoms with E-state index in [0.29, 0.717) is 90.6 Å². The second-order valence-electron chi connectivity index (χ2n) is 21.0. The molecule has 10 bridgehead atoms. The van der Waals surface area contributed by atoms with E-state index in [1.54, 1.807) is 72.3 Å². The van der Waals surface area contributed by atoms with Crippen molar-refractivity contribution < 1.29 is 48.5 Å². The Balaban J connectivity index is 0.973. The lowest BCUT2D eigenvalue weighted by Crippen LogP contribution is -2.50. The van der Waals surface area contributed by atoms with Crippen LogP contribution in [-0.2, 0) is 20.7 Å². The van der Waals surface area contributed by atoms with Crippen molar-refractivity contribution in [3.05, 3.63) is 147 Å². The van der Waals surface area contributed by atoms with E-state index in [-0.39, 0.29) is 51.5 Å². The molecule has 0 unspecified atom stereocenters. The number of amides is 7. The number of carbonyl (C=O) groups excluding carboxylic acids is 7. The van der Waals surface area contributed by atoms with Gasteiger partial charge in [-0.15, -0.1) is 68.0 Å². The fourth-order valence-electron chi connectivity index (χ4n) is 10.5. The summed E-state index contributed by atoms with van der Waals surface area (Å²) in [6, 6.07) is 13.9. The number of aromatic hydroxyl groups is 1. The van der Waals surface area contributed by atoms with Crippen molar-refractivity contribution in [1.29, 1.82) is 0 Å². The first kappa shape index (κ1) is 60.5. The van der Waals surface area contributed by atoms with Crippen LogP contribution in [0.2, 0.25) is 0 Å². The number of fused-ring (bicyclic) bond motifs is 16. The van der Waals surface area contributed by atoms with Crippen LogP contribution < -0.4 is 32.7 Å². The summed E-state index contributed by atoms with van der Waals surface area (Å²) in [6.45, 7) is 5.07. The monoisotopic (exact) mass is 1310 g/mol. The Kier molecular flexibility index (Phi) is 17.5. The van der Waals surface area contributed by atoms with E-state index >= 15 is 4.79 Å². The third kappa shape index (κ3) is 12.9. The summed E-state index contributed by atoms with van der Waals surface area (Å²) in [6.07, 6.45) is -3.39. The number of thiazole rings is 6. The number of aliphatic hydroxyl groups excluding tert-OH is 1. The summed E-state index contributed by atoms with van der Waals surface area (Å²) in [5.74, 6) is -4.80. The molecule has 2 saturated heterocycles. The Morgan fingerprint density at radius 1 is 0.674 bits per heavy atom. The number of nitrogens with zero attached hydrogens (tertiary/aromatic N) is 9. The van der Waals surface area contributed by atoms with Crippen molar-refractivity contribution in [2.24, 2.45) is 17.4 Å². The van der Waals surface area contributed by atoms with Crippen LogP contribution in [0.1, 0.15) is 111 Å². The lowest BCUT2D eigenvalue weighted by atomic mass is 10.00. The standard InChI is InChI=1S/C58H53N15O10S6/c1-26-40(75)20-73-45(26)56-69-39(25-88-56)53-65-35(21-85-53)43-31(12-13-32(62-43)52-66-36(22-86-52)47(60)77)51-67-37(23-84-51)48(78)63-33(19-41(59)76)54-71-42(27(2)89-54)50(80)70-44(46(29-6-4-3-5-7-29)83-58(82)72-16-14-61-15-17-72)55-68-38(24-87-55)49(79)64-34(57(73)81)18-28-8-10-30(74)11-9-28/h3-13,21-26,33-34,40,44-46,61,74-75H,14-20H2,1-2H3,(H2,59,76)(H2,60,77)(H,63,78)(H,64,79)(H,70,80)/t26-,33-,34-,40-,44-,45+,46+/m0/s1. The van der Waals surface area contributed by atoms with E-state index in [9.17, 15) is 39.0 Å². The van der Waals surface area contributed by atoms with E-state index < -0.39 is 90.3 Å². The molecule has 2 aromatic carbocycles. The van der Waals surface area contributed by atoms with E-state index in [0.717, 1.165) is 34.0 Å². The molecular weight excluding hydrogens is 1260 g/mol. The van der Waals surface area contributed by atoms with Crippen molar-refractivity contribution in [2.45, 2.75) is 63.1 Å². The van der Waals surface area contributed by atoms with Crippen LogP contribution in [0.5, 0.6) is 5.75 Å². The van der Waals surface area contributed by atoms with Crippen LogP contribution in [0, 0.1) is 12.8 Å². The quantitative estimate of drug-likeness (QED) is 0.0771. The molecule has 7 aromatic heterocycles. The Hall–Kier alpha value is -8.82. The normalized spacial score (nSPS) is 20.2. The largest absolute Gasteiger partial charge is 0.508 e. The molecule has 9 aromatic rings. The van der Waals surface area contributed by atoms with Gasteiger partial charge in [-0.25, -0.2) is 39.7 Å². The average Bonchev–Trinajstić information content (AvgIpc) is 1.91. The van der Waals surface area contributed by atoms with E-state index in [1.807, 2.05) is 6.92 Å². The zero-order valence-electron chi connectivity index (χ0n) is 47.0. The van der Waals surface area contributed by atoms with Crippen molar-refractivity contribution in [3.63, 3.8) is 0 Å². The zero-order valence-corrected chi connectivity index (χ0v) is 51.9. The first-order valence-electron chi connectivity index (χ1n) is 27.7. The van der Waals surface area contributed by atoms with Gasteiger partial charge in [-0.3, -0.25) is 28.8 Å². The molecule has 25 nitrogen and oxygen atoms in total. The van der Waals surface area contributed by atoms with Crippen LogP contribution >= 0.6 is 68.0 Å². The number of nitrogens with two attached hydrogens (primary N) is 2. The number of phenols is 1. The summed E-state index contributed by atoms with van der Waals surface area (Å²) in [5, 5.41) is 43.9. The molecule has 7 atom stereocenters. The molecule has 7 amide bonds. The highest BCUT2D eigenvalue weighted by atomic mass is 32.1. The second-order valence-corrected chi connectivity index (χ2v) is 26.6. The third-order valence-electron chi connectivity index (χ3n) is 15.0. The van der Waals surface area contributed by atoms with Crippen molar-refractivity contribution in [2.75, 3.05) is 32.7 Å². The first-order valence-corrected chi connectivity index (χ1v) is 32.9. The van der Waals surface area contributed by atoms with Crippen molar-refractivity contribution in [3.8, 4) is 49.1 Å². The highest BCUT2D eigenvalue weighted by molar-refractivity contribution is 7.15. The fraction of sp³-hybridized carbons (Fsp3) is 0.276. The average molecular weight is 1310 g/mol. The van der Waals surface area contributed by atoms with Gasteiger partial charge in [0.1, 0.15) is 87.7 Å². The number of nitrogens with one attached hydrogen (secondary N) is 4. The van der Waals surface area contributed by atoms with Gasteiger partial charge in [0, 0.05) is 82.4 Å². The maximum Gasteiger partial charge on any atom is 0.410 e. The van der Waals surface area contributed by atoms with E-state index in [2.05, 4.69) is 26.3 Å². The molecule has 456 valence electrons. The SMILES string of the molecule is Cc1sc2nc1C(=O)N[C@@H]([C@H](OC(=O)N1CCNCC1)c1ccccc1)c1nc(cs1)C(=O)N[C@@H](Cc1ccc(O)cc1)C(=O)N1C[C@H](O)[C@H](C)[C@@H]1c1nc(cs1)-c1nc(cs1)-c1nc(-c3nc(C(N)=O)cs3)ccc1-c1nc(cs1)C(=O)N[C@H]2CC(N)=O. The molecular formula is C58H53N15O10S6. The number of hydrogen-bond acceptors (Lipinski definition) is 24. The number of aromatic nitrogens is 7. The number of piperazine rings is 1. The highest BCUT2D eigenvalue weighted by Gasteiger charge is 2.46. The zero-order chi connectivity index (χ0) is 62.2. The molecule has 3 aliphatic rings. The van der Waals surface area contributed by atoms with Gasteiger partial charge in [-0.05, 0) is 42.3 Å². The van der Waals surface area contributed by atoms with E-state index in [1.165, 1.54) is 72.1 Å². The Labute approximate surface area is 530 Å². The van der Waals surface area contributed by atoms with Gasteiger partial charge in [0.25, 0.3) is 23.6 Å². The topological polar surface area (TPSA) is 366 Å². The van der Waals surface area contributed by atoms with Gasteiger partial charge < -0.3 is 57.5 Å². The minimum atomic E-state index is -1.29. The lowest BCUT2D eigenvalue weighted by molar-refractivity contribution is -0.134. The van der Waals surface area contributed by atoms with Crippen LogP contribution in [-0.4, -0.2) is 141 Å². The second kappa shape index (κ2) is 25.7. The molecule has 0 radical (unpaired) electrons. The number of pyridine rings is 1. The number of primary amides is 2. The predicted octanol–water partition coefficient (Wildman–Crippen LogP) is 6.44. The van der Waals surface area contributed by atoms with Crippen molar-refractivity contribution >= 4 is 110 Å². The number of benzene rings is 2. The molecule has 0 saturated carbocycles. The van der Waals surface area contributed by atoms with Gasteiger partial charge in [0.05, 0.1) is 30.3 Å². The molecule has 10 N–H and O–H groups in total. The molecule has 31 heteroatoms. The molecule has 2 fully saturated rings. The summed E-state index contributed by atoms with van der Waals surface area (Å²) in [4.78, 5) is 136. The molecule has 0 aliphatic carbocycles. The number of ether oxygens (including phenoxy) is 1. The number of rotatable bonds is 9. The molecule has 12 rings (SSSR count). The number of phenolic OH excluding ortho intramolecular Hbond substituents is 1. The van der Waals surface area contributed by atoms with Gasteiger partial charge in [0.2, 0.25) is 11.8 Å². The van der Waals surface area contributed by atoms with Gasteiger partial charge >= 0.3 is 6.09 Å². The van der Waals surface area contributed by atoms with Crippen LogP contribution in [0.25, 0.3) is 43.4 Å². The smallest absolute Gasteiger partial charge is 0.410 e. The van der Waals surface area contributed by atoms with E-state index in [4.69, 9.17) is 46.1 Å². The summed E-state index contributed by atoms with van der Waals surface area (Å²) in [7, 11) is 0. The number of aryl methyl sites for hydroxylation is 1. The van der Waals surface area contributed by atoms with Crippen LogP contribution in [0.3, 0.4) is 0 Å². The minimum Gasteiger partial charge on any atom is -0.508 e. The maximum absolute atomic E-state index is 15.3. The number of hydrogen-bond donors (Lipinski definition) is 8. The molecule has 3 aliphatic heterocycles. The van der Waals surface area contributed by atoms with Crippen LogP contribution in [0.4, 0.5) is 4.79 Å². The predicted molar refractivity (Wildman–Crippen MR) is 333 cm³/mol. The summed E-state index contributed by atoms with van der Waals surface area (Å²) < 4.78 is 6.35. The Morgan fingerprint density at radius 3 is 2.07 bits per heavy atom. The number of carbonyl (C=O) groups is 7. The Bertz CT molecular complexity index is 4180. The lowest BCUT2D eigenvalue weighted by Gasteiger charge is -2.31. The number of aliphatic hydroxyl groups is 1. The third-order valence-corrected chi connectivity index (χ3v) is 20.6. The van der Waals surface area contributed by atoms with Gasteiger partial charge in [-0.1, -0.05) is 49.4 Å². The van der Waals surface area contributed by atoms with Crippen molar-refractivity contribution in [1.82, 2.24) is 66.0 Å². The van der Waals surface area contributed by atoms with Gasteiger partial charge in [0.15, 0.2) is 6.10 Å². The minimum absolute atomic E-state index is 0.0110. The fourth-order valence-corrected chi connectivity index (χ4v) is 15.8. The summed E-state index contributed by atoms with van der Waals surface area (Å²) >= 11 is 6.88. The van der Waals surface area contributed by atoms with Crippen LogP contribution in [0.15, 0.2) is 93.6 Å². The molecule has 0 spiro atoms.